The number of nitriles is 1. The van der Waals surface area contributed by atoms with E-state index in [2.05, 4.69) is 4.99 Å². The first-order valence-electron chi connectivity index (χ1n) is 8.36. The standard InChI is InChI=1S/C20H14N2O3/c21-10-15-18-13-4-5-16(25-11-6-8-24-9-7-11)12-2-1-3-14(17(12)13)19(18)22-20(15)23/h1-5,11H,6-9H2. The third-order valence-electron chi connectivity index (χ3n) is 5.01. The molecule has 2 aromatic rings. The fraction of sp³-hybridized carbons (Fsp3) is 0.250. The summed E-state index contributed by atoms with van der Waals surface area (Å²) in [6.07, 6.45) is 1.92. The van der Waals surface area contributed by atoms with Crippen LogP contribution in [0.1, 0.15) is 24.0 Å². The van der Waals surface area contributed by atoms with E-state index in [-0.39, 0.29) is 11.7 Å². The SMILES string of the molecule is N#CC1=C2C(=NC1=O)c1cccc3c(OC4CCOCC4)ccc2c13. The van der Waals surface area contributed by atoms with Crippen LogP contribution in [-0.4, -0.2) is 30.9 Å². The molecule has 25 heavy (non-hydrogen) atoms. The van der Waals surface area contributed by atoms with Crippen molar-refractivity contribution < 1.29 is 14.3 Å². The van der Waals surface area contributed by atoms with Crippen molar-refractivity contribution in [3.8, 4) is 11.8 Å². The smallest absolute Gasteiger partial charge is 0.288 e. The number of nitrogens with zero attached hydrogens (tertiary/aromatic N) is 2. The number of allylic oxidation sites excluding steroid dienone is 1. The van der Waals surface area contributed by atoms with E-state index in [1.165, 1.54) is 0 Å². The molecule has 0 atom stereocenters. The molecular weight excluding hydrogens is 316 g/mol. The molecule has 0 N–H and O–H groups in total. The number of carbonyl (C=O) groups excluding carboxylic acids is 1. The molecule has 1 aliphatic carbocycles. The Morgan fingerprint density at radius 2 is 2.00 bits per heavy atom. The fourth-order valence-electron chi connectivity index (χ4n) is 3.86. The lowest BCUT2D eigenvalue weighted by Gasteiger charge is -2.24. The monoisotopic (exact) mass is 330 g/mol. The minimum Gasteiger partial charge on any atom is -0.490 e. The molecule has 0 bridgehead atoms. The zero-order valence-corrected chi connectivity index (χ0v) is 13.4. The molecule has 122 valence electrons. The first-order chi connectivity index (χ1) is 12.3. The highest BCUT2D eigenvalue weighted by Gasteiger charge is 2.36. The van der Waals surface area contributed by atoms with Gasteiger partial charge >= 0.3 is 0 Å². The van der Waals surface area contributed by atoms with Crippen molar-refractivity contribution in [3.05, 3.63) is 47.0 Å². The molecule has 0 aromatic heterocycles. The highest BCUT2D eigenvalue weighted by molar-refractivity contribution is 6.50. The lowest BCUT2D eigenvalue weighted by Crippen LogP contribution is -2.25. The largest absolute Gasteiger partial charge is 0.490 e. The summed E-state index contributed by atoms with van der Waals surface area (Å²) in [7, 11) is 0. The van der Waals surface area contributed by atoms with Crippen LogP contribution in [0.15, 0.2) is 40.9 Å². The Morgan fingerprint density at radius 3 is 2.80 bits per heavy atom. The van der Waals surface area contributed by atoms with Crippen LogP contribution >= 0.6 is 0 Å². The lowest BCUT2D eigenvalue weighted by molar-refractivity contribution is -0.113. The van der Waals surface area contributed by atoms with Gasteiger partial charge in [0, 0.05) is 34.8 Å². The summed E-state index contributed by atoms with van der Waals surface area (Å²) in [5.74, 6) is 0.385. The summed E-state index contributed by atoms with van der Waals surface area (Å²) in [5.41, 5.74) is 3.21. The van der Waals surface area contributed by atoms with Gasteiger partial charge in [-0.1, -0.05) is 18.2 Å². The number of fused-ring (bicyclic) bond motifs is 3. The van der Waals surface area contributed by atoms with E-state index in [1.54, 1.807) is 0 Å². The van der Waals surface area contributed by atoms with Crippen LogP contribution in [0.4, 0.5) is 0 Å². The number of benzene rings is 2. The second-order valence-electron chi connectivity index (χ2n) is 6.40. The van der Waals surface area contributed by atoms with E-state index in [0.717, 1.165) is 53.7 Å². The molecule has 0 saturated carbocycles. The molecule has 0 radical (unpaired) electrons. The van der Waals surface area contributed by atoms with Crippen molar-refractivity contribution in [2.24, 2.45) is 4.99 Å². The molecule has 0 spiro atoms. The summed E-state index contributed by atoms with van der Waals surface area (Å²) >= 11 is 0. The first kappa shape index (κ1) is 14.4. The van der Waals surface area contributed by atoms with Crippen molar-refractivity contribution in [2.75, 3.05) is 13.2 Å². The van der Waals surface area contributed by atoms with Gasteiger partial charge in [-0.3, -0.25) is 4.79 Å². The van der Waals surface area contributed by atoms with Crippen molar-refractivity contribution in [1.29, 1.82) is 5.26 Å². The number of ether oxygens (including phenoxy) is 2. The molecule has 5 heteroatoms. The normalized spacial score (nSPS) is 19.2. The maximum atomic E-state index is 12.0. The van der Waals surface area contributed by atoms with E-state index in [1.807, 2.05) is 36.4 Å². The Labute approximate surface area is 144 Å². The van der Waals surface area contributed by atoms with Gasteiger partial charge in [-0.05, 0) is 17.7 Å². The van der Waals surface area contributed by atoms with Crippen LogP contribution < -0.4 is 4.74 Å². The summed E-state index contributed by atoms with van der Waals surface area (Å²) in [5, 5.41) is 11.4. The van der Waals surface area contributed by atoms with Gasteiger partial charge in [0.25, 0.3) is 5.91 Å². The van der Waals surface area contributed by atoms with E-state index >= 15 is 0 Å². The zero-order valence-electron chi connectivity index (χ0n) is 13.4. The summed E-state index contributed by atoms with van der Waals surface area (Å²) in [6, 6.07) is 11.8. The predicted molar refractivity (Wildman–Crippen MR) is 92.5 cm³/mol. The molecule has 2 aliphatic heterocycles. The van der Waals surface area contributed by atoms with E-state index in [9.17, 15) is 10.1 Å². The highest BCUT2D eigenvalue weighted by Crippen LogP contribution is 2.45. The Bertz CT molecular complexity index is 1040. The van der Waals surface area contributed by atoms with Crippen molar-refractivity contribution in [2.45, 2.75) is 18.9 Å². The average Bonchev–Trinajstić information content (AvgIpc) is 3.13. The number of rotatable bonds is 2. The van der Waals surface area contributed by atoms with Crippen molar-refractivity contribution in [3.63, 3.8) is 0 Å². The minimum absolute atomic E-state index is 0.130. The van der Waals surface area contributed by atoms with Gasteiger partial charge < -0.3 is 9.47 Å². The molecule has 3 aliphatic rings. The van der Waals surface area contributed by atoms with Crippen LogP contribution in [0.25, 0.3) is 16.3 Å². The number of aliphatic imine (C=N–C) groups is 1. The molecule has 2 aromatic carbocycles. The van der Waals surface area contributed by atoms with Crippen LogP contribution in [-0.2, 0) is 9.53 Å². The summed E-state index contributed by atoms with van der Waals surface area (Å²) in [6.45, 7) is 1.45. The third-order valence-corrected chi connectivity index (χ3v) is 5.01. The van der Waals surface area contributed by atoms with Crippen molar-refractivity contribution >= 4 is 28.0 Å². The number of hydrogen-bond donors (Lipinski definition) is 0. The molecule has 5 nitrogen and oxygen atoms in total. The number of amides is 1. The number of hydrogen-bond acceptors (Lipinski definition) is 4. The van der Waals surface area contributed by atoms with Crippen molar-refractivity contribution in [1.82, 2.24) is 0 Å². The minimum atomic E-state index is -0.447. The van der Waals surface area contributed by atoms with Gasteiger partial charge in [0.1, 0.15) is 23.5 Å². The van der Waals surface area contributed by atoms with Gasteiger partial charge in [-0.2, -0.15) is 5.26 Å². The molecular formula is C20H14N2O3. The molecule has 1 saturated heterocycles. The third kappa shape index (κ3) is 1.98. The first-order valence-corrected chi connectivity index (χ1v) is 8.36. The molecule has 1 fully saturated rings. The quantitative estimate of drug-likeness (QED) is 0.848. The maximum absolute atomic E-state index is 12.0. The molecule has 2 heterocycles. The second kappa shape index (κ2) is 5.27. The molecule has 5 rings (SSSR count). The Kier molecular flexibility index (Phi) is 3.03. The lowest BCUT2D eigenvalue weighted by atomic mass is 10.0. The van der Waals surface area contributed by atoms with Gasteiger partial charge in [0.05, 0.1) is 18.9 Å². The van der Waals surface area contributed by atoms with Crippen LogP contribution in [0.2, 0.25) is 0 Å². The van der Waals surface area contributed by atoms with Gasteiger partial charge in [-0.15, -0.1) is 0 Å². The van der Waals surface area contributed by atoms with Crippen LogP contribution in [0.3, 0.4) is 0 Å². The van der Waals surface area contributed by atoms with Crippen LogP contribution in [0.5, 0.6) is 5.75 Å². The summed E-state index contributed by atoms with van der Waals surface area (Å²) < 4.78 is 11.6. The van der Waals surface area contributed by atoms with Gasteiger partial charge in [-0.25, -0.2) is 4.99 Å². The average molecular weight is 330 g/mol. The molecule has 1 amide bonds. The summed E-state index contributed by atoms with van der Waals surface area (Å²) in [4.78, 5) is 16.1. The Balaban J connectivity index is 1.68. The second-order valence-corrected chi connectivity index (χ2v) is 6.40. The number of carbonyl (C=O) groups is 1. The fourth-order valence-corrected chi connectivity index (χ4v) is 3.86. The zero-order chi connectivity index (χ0) is 17.0. The Hall–Kier alpha value is -2.97. The van der Waals surface area contributed by atoms with Crippen LogP contribution in [0, 0.1) is 11.3 Å². The van der Waals surface area contributed by atoms with Gasteiger partial charge in [0.2, 0.25) is 0 Å². The maximum Gasteiger partial charge on any atom is 0.288 e. The highest BCUT2D eigenvalue weighted by atomic mass is 16.5. The van der Waals surface area contributed by atoms with E-state index in [0.29, 0.717) is 11.3 Å². The van der Waals surface area contributed by atoms with E-state index in [4.69, 9.17) is 9.47 Å². The molecule has 0 unspecified atom stereocenters. The van der Waals surface area contributed by atoms with E-state index < -0.39 is 5.91 Å². The van der Waals surface area contributed by atoms with Gasteiger partial charge in [0.15, 0.2) is 0 Å². The predicted octanol–water partition coefficient (Wildman–Crippen LogP) is 3.02. The topological polar surface area (TPSA) is 71.7 Å². The Morgan fingerprint density at radius 1 is 1.16 bits per heavy atom.